The fourth-order valence-corrected chi connectivity index (χ4v) is 8.78. The highest BCUT2D eigenvalue weighted by Gasteiger charge is 2.25. The fourth-order valence-electron chi connectivity index (χ4n) is 8.68. The van der Waals surface area contributed by atoms with Crippen molar-refractivity contribution < 1.29 is 65.1 Å². The number of nitrogen functional groups attached to an aromatic ring is 1. The minimum absolute atomic E-state index is 0.103. The van der Waals surface area contributed by atoms with Gasteiger partial charge in [0.2, 0.25) is 0 Å². The molecule has 20 nitrogen and oxygen atoms in total. The summed E-state index contributed by atoms with van der Waals surface area (Å²) in [6.45, 7) is 26.9. The highest BCUT2D eigenvalue weighted by Crippen LogP contribution is 2.29. The molecule has 5 aliphatic heterocycles. The number of carboxylic acid groups (broad SMARTS) is 1. The molecule has 5 aromatic rings. The number of aromatic carboxylic acids is 1. The van der Waals surface area contributed by atoms with Gasteiger partial charge in [0.1, 0.15) is 51.2 Å². The SMILES string of the molecule is C1CCOCC1.Cc1c(N2CCOCC2)ncc(F)c1C(=O)O.Cc1c(N2CCOCC2)ncc(F)c1N.Cc1c(N2CCOCC2)ncc(F)c1NC(=O)OC(C)(C)C.Cc1cc(F)cnc1Cl.Cc1cc(F)cnc1N1CCOCC1. The van der Waals surface area contributed by atoms with Crippen LogP contribution in [0.25, 0.3) is 0 Å². The van der Waals surface area contributed by atoms with Crippen molar-refractivity contribution in [3.05, 3.63) is 111 Å². The molecule has 5 fully saturated rings. The van der Waals surface area contributed by atoms with Crippen LogP contribution in [0.3, 0.4) is 0 Å². The second-order valence-electron chi connectivity index (χ2n) is 20.4. The maximum atomic E-state index is 14.0. The zero-order valence-electron chi connectivity index (χ0n) is 48.5. The number of anilines is 6. The van der Waals surface area contributed by atoms with Crippen LogP contribution in [0.4, 0.5) is 61.4 Å². The number of amides is 1. The molecule has 0 saturated carbocycles. The molecule has 0 aromatic carbocycles. The highest BCUT2D eigenvalue weighted by atomic mass is 35.5. The summed E-state index contributed by atoms with van der Waals surface area (Å²) >= 11 is 5.50. The van der Waals surface area contributed by atoms with Crippen LogP contribution in [-0.2, 0) is 28.4 Å². The first-order valence-corrected chi connectivity index (χ1v) is 27.7. The van der Waals surface area contributed by atoms with Crippen molar-refractivity contribution in [2.45, 2.75) is 80.3 Å². The molecule has 5 saturated heterocycles. The molecule has 0 spiro atoms. The Hall–Kier alpha value is -6.77. The van der Waals surface area contributed by atoms with Crippen molar-refractivity contribution in [2.75, 3.05) is 149 Å². The van der Waals surface area contributed by atoms with Gasteiger partial charge in [0.05, 0.1) is 95.2 Å². The van der Waals surface area contributed by atoms with Crippen molar-refractivity contribution >= 4 is 58.3 Å². The predicted molar refractivity (Wildman–Crippen MR) is 308 cm³/mol. The van der Waals surface area contributed by atoms with E-state index in [-0.39, 0.29) is 28.6 Å². The summed E-state index contributed by atoms with van der Waals surface area (Å²) in [4.78, 5) is 50.8. The average Bonchev–Trinajstić information content (AvgIpc) is 3.47. The van der Waals surface area contributed by atoms with E-state index in [4.69, 9.17) is 50.9 Å². The number of hydrogen-bond donors (Lipinski definition) is 3. The lowest BCUT2D eigenvalue weighted by molar-refractivity contribution is 0.0632. The van der Waals surface area contributed by atoms with Crippen LogP contribution in [0.2, 0.25) is 5.15 Å². The Bertz CT molecular complexity index is 2860. The molecule has 5 aliphatic rings. The van der Waals surface area contributed by atoms with Crippen LogP contribution < -0.4 is 30.7 Å². The van der Waals surface area contributed by atoms with E-state index in [9.17, 15) is 31.5 Å². The van der Waals surface area contributed by atoms with Gasteiger partial charge >= 0.3 is 12.1 Å². The summed E-state index contributed by atoms with van der Waals surface area (Å²) in [6, 6.07) is 2.85. The van der Waals surface area contributed by atoms with Crippen LogP contribution in [0, 0.1) is 63.7 Å². The first-order chi connectivity index (χ1) is 39.6. The number of halogens is 6. The summed E-state index contributed by atoms with van der Waals surface area (Å²) in [5, 5.41) is 11.8. The van der Waals surface area contributed by atoms with E-state index in [1.54, 1.807) is 48.5 Å². The number of hydrogen-bond acceptors (Lipinski definition) is 18. The van der Waals surface area contributed by atoms with E-state index >= 15 is 0 Å². The number of pyridine rings is 5. The van der Waals surface area contributed by atoms with Crippen molar-refractivity contribution in [1.82, 2.24) is 24.9 Å². The number of aromatic nitrogens is 5. The van der Waals surface area contributed by atoms with Crippen LogP contribution in [0.1, 0.15) is 78.2 Å². The summed E-state index contributed by atoms with van der Waals surface area (Å²) in [5.74, 6) is -0.931. The second kappa shape index (κ2) is 33.5. The van der Waals surface area contributed by atoms with E-state index in [1.165, 1.54) is 43.8 Å². The second-order valence-corrected chi connectivity index (χ2v) is 20.7. The molecule has 456 valence electrons. The number of morpholine rings is 4. The number of aryl methyl sites for hydroxylation is 2. The molecule has 10 heterocycles. The molecule has 1 amide bonds. The first kappa shape index (κ1) is 67.0. The summed E-state index contributed by atoms with van der Waals surface area (Å²) < 4.78 is 96.7. The zero-order valence-corrected chi connectivity index (χ0v) is 49.2. The van der Waals surface area contributed by atoms with Gasteiger partial charge in [-0.25, -0.2) is 56.5 Å². The van der Waals surface area contributed by atoms with Crippen LogP contribution in [0.5, 0.6) is 0 Å². The van der Waals surface area contributed by atoms with Crippen molar-refractivity contribution in [3.63, 3.8) is 0 Å². The molecular weight excluding hydrogens is 1110 g/mol. The largest absolute Gasteiger partial charge is 0.478 e. The van der Waals surface area contributed by atoms with Gasteiger partial charge in [0.15, 0.2) is 17.5 Å². The maximum absolute atomic E-state index is 14.0. The monoisotopic (exact) mass is 1190 g/mol. The molecule has 0 bridgehead atoms. The summed E-state index contributed by atoms with van der Waals surface area (Å²) in [6.07, 6.45) is 8.85. The molecular formula is C57H77ClF5N11O9. The molecule has 0 unspecified atom stereocenters. The van der Waals surface area contributed by atoms with E-state index in [1.807, 2.05) is 16.7 Å². The number of carboxylic acids is 1. The number of carbonyl (C=O) groups excluding carboxylic acids is 1. The Labute approximate surface area is 486 Å². The zero-order chi connectivity index (χ0) is 60.6. The van der Waals surface area contributed by atoms with Crippen molar-refractivity contribution in [2.24, 2.45) is 0 Å². The van der Waals surface area contributed by atoms with Gasteiger partial charge in [-0.05, 0) is 97.9 Å². The van der Waals surface area contributed by atoms with Crippen LogP contribution in [0.15, 0.2) is 43.1 Å². The normalized spacial score (nSPS) is 16.1. The third-order valence-corrected chi connectivity index (χ3v) is 13.3. The minimum atomic E-state index is -1.27. The Morgan fingerprint density at radius 2 is 0.928 bits per heavy atom. The summed E-state index contributed by atoms with van der Waals surface area (Å²) in [7, 11) is 0. The van der Waals surface area contributed by atoms with Gasteiger partial charge in [-0.3, -0.25) is 5.32 Å². The molecule has 0 radical (unpaired) electrons. The number of nitrogens with two attached hydrogens (primary N) is 1. The number of ether oxygens (including phenoxy) is 6. The Kier molecular flexibility index (Phi) is 27.1. The standard InChI is InChI=1S/C15H22FN3O3.C11H13FN2O3.C10H14FN3O.C10H13FN2O.C6H5ClFN.C5H10O/c1-10-12(18-14(20)22-15(2,3)4)11(16)9-17-13(10)19-5-7-21-8-6-19;1-7-9(11(15)16)8(12)6-13-10(7)14-2-4-17-5-3-14;1-7-9(12)8(11)6-13-10(7)14-2-4-15-5-3-14;1-8-6-9(11)7-12-10(8)13-2-4-14-5-3-13;1-4-2-5(8)3-9-6(4)7;1-2-4-6-5-3-1/h9H,5-8H2,1-4H3,(H,17,18,20);6H,2-5H2,1H3,(H,15,16);6H,2-5H2,1H3,(H2,12,13);6-7H,2-5H2,1H3;2-3H,1H3;1-5H2. The molecule has 10 rings (SSSR count). The van der Waals surface area contributed by atoms with Gasteiger partial charge in [-0.1, -0.05) is 11.6 Å². The number of nitrogens with zero attached hydrogens (tertiary/aromatic N) is 9. The third-order valence-electron chi connectivity index (χ3n) is 13.0. The minimum Gasteiger partial charge on any atom is -0.478 e. The number of rotatable bonds is 6. The fraction of sp³-hybridized carbons (Fsp3) is 0.526. The Morgan fingerprint density at radius 3 is 1.33 bits per heavy atom. The lowest BCUT2D eigenvalue weighted by atomic mass is 10.1. The van der Waals surface area contributed by atoms with Gasteiger partial charge in [0, 0.05) is 82.3 Å². The Balaban J connectivity index is 0.000000189. The van der Waals surface area contributed by atoms with Crippen molar-refractivity contribution in [1.29, 1.82) is 0 Å². The molecule has 26 heteroatoms. The topological polar surface area (TPSA) is 225 Å². The van der Waals surface area contributed by atoms with Crippen molar-refractivity contribution in [3.8, 4) is 0 Å². The van der Waals surface area contributed by atoms with Crippen LogP contribution >= 0.6 is 11.6 Å². The average molecular weight is 1190 g/mol. The van der Waals surface area contributed by atoms with Gasteiger partial charge in [-0.2, -0.15) is 0 Å². The third kappa shape index (κ3) is 21.4. The van der Waals surface area contributed by atoms with Gasteiger partial charge in [-0.15, -0.1) is 0 Å². The quantitative estimate of drug-likeness (QED) is 0.106. The smallest absolute Gasteiger partial charge is 0.412 e. The van der Waals surface area contributed by atoms with Gasteiger partial charge < -0.3 is 58.9 Å². The highest BCUT2D eigenvalue weighted by molar-refractivity contribution is 6.30. The molecule has 83 heavy (non-hydrogen) atoms. The first-order valence-electron chi connectivity index (χ1n) is 27.3. The van der Waals surface area contributed by atoms with E-state index < -0.39 is 35.1 Å². The lowest BCUT2D eigenvalue weighted by Gasteiger charge is -2.29. The number of carbonyl (C=O) groups is 2. The molecule has 0 atom stereocenters. The molecule has 5 aromatic heterocycles. The van der Waals surface area contributed by atoms with Gasteiger partial charge in [0.25, 0.3) is 0 Å². The van der Waals surface area contributed by atoms with E-state index in [2.05, 4.69) is 40.0 Å². The van der Waals surface area contributed by atoms with E-state index in [0.29, 0.717) is 105 Å². The van der Waals surface area contributed by atoms with E-state index in [0.717, 1.165) is 88.4 Å². The van der Waals surface area contributed by atoms with Crippen LogP contribution in [-0.4, -0.2) is 166 Å². The lowest BCUT2D eigenvalue weighted by Crippen LogP contribution is -2.37. The summed E-state index contributed by atoms with van der Waals surface area (Å²) in [5.41, 5.74) is 8.14. The Morgan fingerprint density at radius 1 is 0.542 bits per heavy atom. The molecule has 4 N–H and O–H groups in total. The predicted octanol–water partition coefficient (Wildman–Crippen LogP) is 9.46. The maximum Gasteiger partial charge on any atom is 0.412 e. The number of nitrogens with one attached hydrogen (secondary N) is 1. The molecule has 0 aliphatic carbocycles.